The van der Waals surface area contributed by atoms with E-state index in [9.17, 15) is 4.79 Å². The fraction of sp³-hybridized carbons (Fsp3) is 0.0833. The molecule has 29 heavy (non-hydrogen) atoms. The van der Waals surface area contributed by atoms with Crippen molar-refractivity contribution in [3.8, 4) is 0 Å². The standard InChI is InChI=1S/C24H22N4O/c1-17-22(16-18-8-4-2-5-9-18)23(29)28-24(25-17)27-21-14-12-20(13-15-21)26-19-10-6-3-7-11-19/h2-15,26H,16H2,1H3,(H2,25,27,28,29). The minimum Gasteiger partial charge on any atom is -0.356 e. The molecule has 3 aromatic carbocycles. The van der Waals surface area contributed by atoms with E-state index in [1.807, 2.05) is 91.9 Å². The lowest BCUT2D eigenvalue weighted by Crippen LogP contribution is -2.18. The highest BCUT2D eigenvalue weighted by Gasteiger charge is 2.09. The first-order valence-corrected chi connectivity index (χ1v) is 9.50. The van der Waals surface area contributed by atoms with Crippen LogP contribution in [0.3, 0.4) is 0 Å². The van der Waals surface area contributed by atoms with Crippen molar-refractivity contribution in [2.45, 2.75) is 13.3 Å². The van der Waals surface area contributed by atoms with Crippen molar-refractivity contribution >= 4 is 23.0 Å². The maximum atomic E-state index is 12.6. The van der Waals surface area contributed by atoms with Crippen molar-refractivity contribution in [1.82, 2.24) is 9.97 Å². The maximum absolute atomic E-state index is 12.6. The summed E-state index contributed by atoms with van der Waals surface area (Å²) < 4.78 is 0. The van der Waals surface area contributed by atoms with Gasteiger partial charge in [0.1, 0.15) is 0 Å². The van der Waals surface area contributed by atoms with Crippen LogP contribution in [0, 0.1) is 6.92 Å². The molecule has 0 atom stereocenters. The van der Waals surface area contributed by atoms with Gasteiger partial charge in [0.2, 0.25) is 5.95 Å². The van der Waals surface area contributed by atoms with Crippen molar-refractivity contribution in [1.29, 1.82) is 0 Å². The molecule has 5 heteroatoms. The summed E-state index contributed by atoms with van der Waals surface area (Å²) in [5, 5.41) is 6.52. The third kappa shape index (κ3) is 4.71. The molecule has 0 fully saturated rings. The summed E-state index contributed by atoms with van der Waals surface area (Å²) in [7, 11) is 0. The van der Waals surface area contributed by atoms with Crippen LogP contribution in [0.15, 0.2) is 89.7 Å². The Balaban J connectivity index is 1.47. The zero-order valence-corrected chi connectivity index (χ0v) is 16.1. The van der Waals surface area contributed by atoms with Gasteiger partial charge < -0.3 is 10.6 Å². The molecule has 4 aromatic rings. The van der Waals surface area contributed by atoms with Crippen molar-refractivity contribution in [2.24, 2.45) is 0 Å². The van der Waals surface area contributed by atoms with Gasteiger partial charge in [-0.25, -0.2) is 4.98 Å². The molecule has 1 aromatic heterocycles. The number of nitrogens with zero attached hydrogens (tertiary/aromatic N) is 1. The van der Waals surface area contributed by atoms with Crippen LogP contribution in [0.4, 0.5) is 23.0 Å². The van der Waals surface area contributed by atoms with Crippen molar-refractivity contribution in [3.63, 3.8) is 0 Å². The van der Waals surface area contributed by atoms with Crippen LogP contribution < -0.4 is 16.2 Å². The van der Waals surface area contributed by atoms with Crippen LogP contribution in [0.2, 0.25) is 0 Å². The zero-order valence-electron chi connectivity index (χ0n) is 16.1. The Labute approximate surface area is 169 Å². The molecule has 144 valence electrons. The lowest BCUT2D eigenvalue weighted by Gasteiger charge is -2.11. The molecule has 3 N–H and O–H groups in total. The Morgan fingerprint density at radius 3 is 1.93 bits per heavy atom. The number of aromatic nitrogens is 2. The summed E-state index contributed by atoms with van der Waals surface area (Å²) in [6.45, 7) is 1.87. The normalized spacial score (nSPS) is 10.5. The molecule has 5 nitrogen and oxygen atoms in total. The third-order valence-electron chi connectivity index (χ3n) is 4.66. The van der Waals surface area contributed by atoms with E-state index < -0.39 is 0 Å². The molecule has 0 amide bonds. The van der Waals surface area contributed by atoms with E-state index in [2.05, 4.69) is 20.6 Å². The molecule has 0 aliphatic rings. The molecule has 0 bridgehead atoms. The number of anilines is 4. The summed E-state index contributed by atoms with van der Waals surface area (Å²) in [5.41, 5.74) is 5.24. The molecular formula is C24H22N4O. The molecule has 0 saturated heterocycles. The minimum atomic E-state index is -0.119. The van der Waals surface area contributed by atoms with Gasteiger partial charge in [-0.05, 0) is 48.9 Å². The highest BCUT2D eigenvalue weighted by molar-refractivity contribution is 5.64. The number of rotatable bonds is 6. The molecule has 4 rings (SSSR count). The Kier molecular flexibility index (Phi) is 5.38. The predicted octanol–water partition coefficient (Wildman–Crippen LogP) is 5.16. The monoisotopic (exact) mass is 382 g/mol. The molecule has 0 aliphatic carbocycles. The number of aromatic amines is 1. The smallest absolute Gasteiger partial charge is 0.256 e. The quantitative estimate of drug-likeness (QED) is 0.431. The number of para-hydroxylation sites is 1. The summed E-state index contributed by atoms with van der Waals surface area (Å²) in [6, 6.07) is 27.8. The average Bonchev–Trinajstić information content (AvgIpc) is 2.74. The van der Waals surface area contributed by atoms with Gasteiger partial charge in [0.05, 0.1) is 5.69 Å². The van der Waals surface area contributed by atoms with Crippen LogP contribution in [0.1, 0.15) is 16.8 Å². The first-order valence-electron chi connectivity index (χ1n) is 9.50. The number of nitrogens with one attached hydrogen (secondary N) is 3. The van der Waals surface area contributed by atoms with Crippen LogP contribution in [-0.2, 0) is 6.42 Å². The van der Waals surface area contributed by atoms with Gasteiger partial charge in [-0.3, -0.25) is 9.78 Å². The number of H-pyrrole nitrogens is 1. The first kappa shape index (κ1) is 18.5. The van der Waals surface area contributed by atoms with E-state index in [1.165, 1.54) is 0 Å². The summed E-state index contributed by atoms with van der Waals surface area (Å²) in [5.74, 6) is 0.438. The second-order valence-electron chi connectivity index (χ2n) is 6.83. The fourth-order valence-electron chi connectivity index (χ4n) is 3.14. The fourth-order valence-corrected chi connectivity index (χ4v) is 3.14. The Morgan fingerprint density at radius 1 is 0.759 bits per heavy atom. The van der Waals surface area contributed by atoms with Gasteiger partial charge in [0.25, 0.3) is 5.56 Å². The molecule has 1 heterocycles. The number of aryl methyl sites for hydroxylation is 1. The lowest BCUT2D eigenvalue weighted by atomic mass is 10.1. The number of hydrogen-bond donors (Lipinski definition) is 3. The molecule has 0 radical (unpaired) electrons. The summed E-state index contributed by atoms with van der Waals surface area (Å²) in [6.07, 6.45) is 0.565. The second kappa shape index (κ2) is 8.44. The summed E-state index contributed by atoms with van der Waals surface area (Å²) >= 11 is 0. The van der Waals surface area contributed by atoms with E-state index in [4.69, 9.17) is 0 Å². The van der Waals surface area contributed by atoms with Crippen molar-refractivity contribution < 1.29 is 0 Å². The van der Waals surface area contributed by atoms with E-state index >= 15 is 0 Å². The number of hydrogen-bond acceptors (Lipinski definition) is 4. The van der Waals surface area contributed by atoms with Crippen molar-refractivity contribution in [3.05, 3.63) is 112 Å². The molecule has 0 aliphatic heterocycles. The van der Waals surface area contributed by atoms with Gasteiger partial charge in [-0.15, -0.1) is 0 Å². The average molecular weight is 382 g/mol. The first-order chi connectivity index (χ1) is 14.2. The van der Waals surface area contributed by atoms with Gasteiger partial charge >= 0.3 is 0 Å². The highest BCUT2D eigenvalue weighted by Crippen LogP contribution is 2.20. The van der Waals surface area contributed by atoms with Crippen LogP contribution >= 0.6 is 0 Å². The van der Waals surface area contributed by atoms with Gasteiger partial charge in [-0.2, -0.15) is 0 Å². The van der Waals surface area contributed by atoms with Crippen molar-refractivity contribution in [2.75, 3.05) is 10.6 Å². The van der Waals surface area contributed by atoms with E-state index in [-0.39, 0.29) is 5.56 Å². The predicted molar refractivity (Wildman–Crippen MR) is 118 cm³/mol. The van der Waals surface area contributed by atoms with E-state index in [1.54, 1.807) is 0 Å². The van der Waals surface area contributed by atoms with Crippen LogP contribution in [0.5, 0.6) is 0 Å². The van der Waals surface area contributed by atoms with Crippen LogP contribution in [0.25, 0.3) is 0 Å². The van der Waals surface area contributed by atoms with Gasteiger partial charge in [0.15, 0.2) is 0 Å². The van der Waals surface area contributed by atoms with Gasteiger partial charge in [-0.1, -0.05) is 48.5 Å². The SMILES string of the molecule is Cc1nc(Nc2ccc(Nc3ccccc3)cc2)[nH]c(=O)c1Cc1ccccc1. The molecule has 0 spiro atoms. The Bertz CT molecular complexity index is 1140. The second-order valence-corrected chi connectivity index (χ2v) is 6.83. The Morgan fingerprint density at radius 2 is 1.31 bits per heavy atom. The Hall–Kier alpha value is -3.86. The highest BCUT2D eigenvalue weighted by atomic mass is 16.1. The molecule has 0 unspecified atom stereocenters. The topological polar surface area (TPSA) is 69.8 Å². The molecular weight excluding hydrogens is 360 g/mol. The minimum absolute atomic E-state index is 0.119. The van der Waals surface area contributed by atoms with Crippen LogP contribution in [-0.4, -0.2) is 9.97 Å². The third-order valence-corrected chi connectivity index (χ3v) is 4.66. The maximum Gasteiger partial charge on any atom is 0.256 e. The largest absolute Gasteiger partial charge is 0.356 e. The summed E-state index contributed by atoms with van der Waals surface area (Å²) in [4.78, 5) is 19.9. The zero-order chi connectivity index (χ0) is 20.1. The molecule has 0 saturated carbocycles. The van der Waals surface area contributed by atoms with E-state index in [0.717, 1.165) is 28.3 Å². The lowest BCUT2D eigenvalue weighted by molar-refractivity contribution is 0.986. The van der Waals surface area contributed by atoms with Gasteiger partial charge in [0, 0.05) is 29.0 Å². The number of benzene rings is 3. The van der Waals surface area contributed by atoms with E-state index in [0.29, 0.717) is 17.9 Å².